The third kappa shape index (κ3) is 5.75. The van der Waals surface area contributed by atoms with E-state index in [-0.39, 0.29) is 12.1 Å². The minimum Gasteiger partial charge on any atom is -0.385 e. The Morgan fingerprint density at radius 3 is 2.49 bits per heavy atom. The van der Waals surface area contributed by atoms with Crippen LogP contribution >= 0.6 is 0 Å². The fourth-order valence-corrected chi connectivity index (χ4v) is 4.98. The molecule has 3 aromatic rings. The Hall–Kier alpha value is -3.13. The number of aromatic amines is 1. The molecule has 1 atom stereocenters. The summed E-state index contributed by atoms with van der Waals surface area (Å²) in [6, 6.07) is 11.4. The van der Waals surface area contributed by atoms with Crippen molar-refractivity contribution in [2.24, 2.45) is 11.8 Å². The van der Waals surface area contributed by atoms with Crippen LogP contribution in [0.2, 0.25) is 0 Å². The van der Waals surface area contributed by atoms with Gasteiger partial charge in [0.2, 0.25) is 0 Å². The highest BCUT2D eigenvalue weighted by atomic mass is 16.5. The smallest absolute Gasteiger partial charge is 0.320 e. The highest BCUT2D eigenvalue weighted by Crippen LogP contribution is 2.34. The van der Waals surface area contributed by atoms with E-state index in [2.05, 4.69) is 30.7 Å². The topological polar surface area (TPSA) is 95.2 Å². The number of rotatable bonds is 11. The quantitative estimate of drug-likeness (QED) is 0.351. The SMILES string of the molecule is COCCC(NC(=O)Nc1cc2[nH]nc(N(CC3CCC3)CC3CCC3)c2cn1)c1ccccc1. The van der Waals surface area contributed by atoms with Crippen LogP contribution in [-0.2, 0) is 4.74 Å². The predicted octanol–water partition coefficient (Wildman–Crippen LogP) is 5.26. The van der Waals surface area contributed by atoms with E-state index in [4.69, 9.17) is 4.74 Å². The standard InChI is InChI=1S/C27H36N6O2/c1-35-14-13-23(21-11-3-2-4-12-21)29-27(34)30-25-15-24-22(16-28-25)26(32-31-24)33(17-19-7-5-8-19)18-20-9-6-10-20/h2-4,11-12,15-16,19-20,23H,5-10,13-14,17-18H2,1H3,(H,31,32)(H2,28,29,30,34). The number of urea groups is 1. The molecule has 2 heterocycles. The number of hydrogen-bond donors (Lipinski definition) is 3. The van der Waals surface area contributed by atoms with Gasteiger partial charge in [0.25, 0.3) is 0 Å². The van der Waals surface area contributed by atoms with Gasteiger partial charge in [0.1, 0.15) is 5.82 Å². The number of fused-ring (bicyclic) bond motifs is 1. The molecule has 186 valence electrons. The molecule has 35 heavy (non-hydrogen) atoms. The van der Waals surface area contributed by atoms with Crippen LogP contribution < -0.4 is 15.5 Å². The summed E-state index contributed by atoms with van der Waals surface area (Å²) in [5, 5.41) is 14.8. The van der Waals surface area contributed by atoms with Crippen LogP contribution in [0.25, 0.3) is 10.9 Å². The van der Waals surface area contributed by atoms with Gasteiger partial charge in [0.15, 0.2) is 5.82 Å². The third-order valence-electron chi connectivity index (χ3n) is 7.49. The molecule has 1 aromatic carbocycles. The van der Waals surface area contributed by atoms with Gasteiger partial charge in [-0.15, -0.1) is 0 Å². The summed E-state index contributed by atoms with van der Waals surface area (Å²) in [5.74, 6) is 3.03. The molecule has 0 radical (unpaired) electrons. The molecule has 2 amide bonds. The number of nitrogens with one attached hydrogen (secondary N) is 3. The molecule has 2 fully saturated rings. The molecule has 2 aromatic heterocycles. The zero-order valence-corrected chi connectivity index (χ0v) is 20.5. The number of pyridine rings is 1. The van der Waals surface area contributed by atoms with Gasteiger partial charge in [-0.3, -0.25) is 10.4 Å². The van der Waals surface area contributed by atoms with Crippen molar-refractivity contribution in [3.63, 3.8) is 0 Å². The van der Waals surface area contributed by atoms with Crippen LogP contribution in [0.1, 0.15) is 56.6 Å². The minimum absolute atomic E-state index is 0.148. The average molecular weight is 477 g/mol. The lowest BCUT2D eigenvalue weighted by Gasteiger charge is -2.37. The fourth-order valence-electron chi connectivity index (χ4n) is 4.98. The number of H-pyrrole nitrogens is 1. The summed E-state index contributed by atoms with van der Waals surface area (Å²) in [4.78, 5) is 19.8. The number of amides is 2. The van der Waals surface area contributed by atoms with Crippen molar-refractivity contribution >= 4 is 28.6 Å². The van der Waals surface area contributed by atoms with Crippen LogP contribution in [0.5, 0.6) is 0 Å². The minimum atomic E-state index is -0.293. The summed E-state index contributed by atoms with van der Waals surface area (Å²) >= 11 is 0. The van der Waals surface area contributed by atoms with E-state index in [1.807, 2.05) is 42.6 Å². The van der Waals surface area contributed by atoms with Crippen LogP contribution in [-0.4, -0.2) is 48.0 Å². The van der Waals surface area contributed by atoms with Crippen molar-refractivity contribution in [1.29, 1.82) is 0 Å². The molecular weight excluding hydrogens is 440 g/mol. The van der Waals surface area contributed by atoms with E-state index in [9.17, 15) is 4.79 Å². The summed E-state index contributed by atoms with van der Waals surface area (Å²) in [5.41, 5.74) is 1.93. The number of benzene rings is 1. The van der Waals surface area contributed by atoms with Gasteiger partial charge < -0.3 is 15.0 Å². The van der Waals surface area contributed by atoms with Crippen LogP contribution in [0, 0.1) is 11.8 Å². The number of nitrogens with zero attached hydrogens (tertiary/aromatic N) is 3. The molecule has 0 bridgehead atoms. The van der Waals surface area contributed by atoms with Crippen molar-refractivity contribution in [1.82, 2.24) is 20.5 Å². The molecule has 3 N–H and O–H groups in total. The van der Waals surface area contributed by atoms with E-state index in [1.54, 1.807) is 7.11 Å². The van der Waals surface area contributed by atoms with E-state index in [0.717, 1.165) is 47.2 Å². The fraction of sp³-hybridized carbons (Fsp3) is 0.519. The second-order valence-corrected chi connectivity index (χ2v) is 10.0. The molecule has 5 rings (SSSR count). The van der Waals surface area contributed by atoms with Crippen LogP contribution in [0.3, 0.4) is 0 Å². The zero-order valence-electron chi connectivity index (χ0n) is 20.5. The third-order valence-corrected chi connectivity index (χ3v) is 7.49. The number of aromatic nitrogens is 3. The average Bonchev–Trinajstić information content (AvgIpc) is 3.23. The monoisotopic (exact) mass is 476 g/mol. The largest absolute Gasteiger partial charge is 0.385 e. The Kier molecular flexibility index (Phi) is 7.47. The van der Waals surface area contributed by atoms with E-state index in [0.29, 0.717) is 18.8 Å². The van der Waals surface area contributed by atoms with Crippen molar-refractivity contribution in [2.45, 2.75) is 51.0 Å². The first-order chi connectivity index (χ1) is 17.2. The lowest BCUT2D eigenvalue weighted by atomic mass is 9.83. The normalized spacial score (nSPS) is 16.9. The molecule has 0 saturated heterocycles. The van der Waals surface area contributed by atoms with E-state index >= 15 is 0 Å². The highest BCUT2D eigenvalue weighted by molar-refractivity contribution is 5.94. The Bertz CT molecular complexity index is 1090. The van der Waals surface area contributed by atoms with Gasteiger partial charge in [-0.05, 0) is 49.5 Å². The van der Waals surface area contributed by atoms with Crippen molar-refractivity contribution < 1.29 is 9.53 Å². The molecule has 1 unspecified atom stereocenters. The number of anilines is 2. The summed E-state index contributed by atoms with van der Waals surface area (Å²) < 4.78 is 5.23. The van der Waals surface area contributed by atoms with Gasteiger partial charge in [0.05, 0.1) is 16.9 Å². The van der Waals surface area contributed by atoms with Crippen LogP contribution in [0.15, 0.2) is 42.6 Å². The maximum absolute atomic E-state index is 12.8. The lowest BCUT2D eigenvalue weighted by molar-refractivity contribution is 0.183. The molecule has 8 nitrogen and oxygen atoms in total. The number of methoxy groups -OCH3 is 1. The predicted molar refractivity (Wildman–Crippen MR) is 139 cm³/mol. The Morgan fingerprint density at radius 1 is 1.14 bits per heavy atom. The second-order valence-electron chi connectivity index (χ2n) is 10.0. The maximum Gasteiger partial charge on any atom is 0.320 e. The van der Waals surface area contributed by atoms with Gasteiger partial charge in [0, 0.05) is 39.1 Å². The molecule has 0 spiro atoms. The molecule has 0 aliphatic heterocycles. The summed E-state index contributed by atoms with van der Waals surface area (Å²) in [6.07, 6.45) is 10.5. The first kappa shape index (κ1) is 23.6. The summed E-state index contributed by atoms with van der Waals surface area (Å²) in [7, 11) is 1.67. The molecule has 2 aliphatic carbocycles. The Labute approximate surface area is 206 Å². The maximum atomic E-state index is 12.8. The van der Waals surface area contributed by atoms with Crippen molar-refractivity contribution in [2.75, 3.05) is 37.0 Å². The van der Waals surface area contributed by atoms with Crippen LogP contribution in [0.4, 0.5) is 16.4 Å². The van der Waals surface area contributed by atoms with E-state index in [1.165, 1.54) is 38.5 Å². The van der Waals surface area contributed by atoms with Crippen molar-refractivity contribution in [3.8, 4) is 0 Å². The number of hydrogen-bond acceptors (Lipinski definition) is 5. The van der Waals surface area contributed by atoms with Gasteiger partial charge >= 0.3 is 6.03 Å². The van der Waals surface area contributed by atoms with Gasteiger partial charge in [-0.25, -0.2) is 9.78 Å². The first-order valence-corrected chi connectivity index (χ1v) is 12.9. The second kappa shape index (κ2) is 11.1. The Balaban J connectivity index is 1.27. The first-order valence-electron chi connectivity index (χ1n) is 12.9. The van der Waals surface area contributed by atoms with Crippen molar-refractivity contribution in [3.05, 3.63) is 48.2 Å². The van der Waals surface area contributed by atoms with Gasteiger partial charge in [-0.2, -0.15) is 5.10 Å². The molecule has 8 heteroatoms. The van der Waals surface area contributed by atoms with E-state index < -0.39 is 0 Å². The van der Waals surface area contributed by atoms with Gasteiger partial charge in [-0.1, -0.05) is 43.2 Å². The molecule has 2 aliphatic rings. The number of carbonyl (C=O) groups is 1. The lowest BCUT2D eigenvalue weighted by Crippen LogP contribution is -2.38. The highest BCUT2D eigenvalue weighted by Gasteiger charge is 2.27. The molecule has 2 saturated carbocycles. The Morgan fingerprint density at radius 2 is 1.86 bits per heavy atom. The number of carbonyl (C=O) groups excluding carboxylic acids is 1. The summed E-state index contributed by atoms with van der Waals surface area (Å²) in [6.45, 7) is 2.70. The zero-order chi connectivity index (χ0) is 24.0. The molecular formula is C27H36N6O2. The number of ether oxygens (including phenoxy) is 1.